The maximum Gasteiger partial charge on any atom is 0.139 e. The second-order valence-electron chi connectivity index (χ2n) is 5.96. The summed E-state index contributed by atoms with van der Waals surface area (Å²) in [6.07, 6.45) is 12.2. The molecule has 4 heteroatoms. The molecule has 0 aromatic carbocycles. The molecule has 112 valence electrons. The molecule has 0 saturated heterocycles. The Morgan fingerprint density at radius 3 is 2.77 bits per heavy atom. The van der Waals surface area contributed by atoms with Gasteiger partial charge in [-0.05, 0) is 37.1 Å². The van der Waals surface area contributed by atoms with E-state index in [-0.39, 0.29) is 0 Å². The van der Waals surface area contributed by atoms with Crippen molar-refractivity contribution in [3.8, 4) is 11.3 Å². The second-order valence-corrected chi connectivity index (χ2v) is 5.96. The SMILES string of the molecule is c1cncc(-c2nc3ccccn3c2NC2CCCCC2)c1. The van der Waals surface area contributed by atoms with Crippen LogP contribution >= 0.6 is 0 Å². The Hall–Kier alpha value is -2.36. The molecule has 0 radical (unpaired) electrons. The molecule has 0 unspecified atom stereocenters. The van der Waals surface area contributed by atoms with Crippen molar-refractivity contribution in [2.24, 2.45) is 0 Å². The van der Waals surface area contributed by atoms with Crippen LogP contribution in [-0.4, -0.2) is 20.4 Å². The van der Waals surface area contributed by atoms with Crippen molar-refractivity contribution >= 4 is 11.5 Å². The Morgan fingerprint density at radius 1 is 1.05 bits per heavy atom. The van der Waals surface area contributed by atoms with Crippen LogP contribution in [0.1, 0.15) is 32.1 Å². The minimum Gasteiger partial charge on any atom is -0.367 e. The second kappa shape index (κ2) is 5.79. The normalized spacial score (nSPS) is 16.0. The lowest BCUT2D eigenvalue weighted by Gasteiger charge is -2.24. The summed E-state index contributed by atoms with van der Waals surface area (Å²) in [6, 6.07) is 10.7. The first-order valence-electron chi connectivity index (χ1n) is 8.06. The van der Waals surface area contributed by atoms with Crippen molar-refractivity contribution in [3.63, 3.8) is 0 Å². The van der Waals surface area contributed by atoms with Gasteiger partial charge in [0.05, 0.1) is 0 Å². The largest absolute Gasteiger partial charge is 0.367 e. The lowest BCUT2D eigenvalue weighted by Crippen LogP contribution is -2.23. The monoisotopic (exact) mass is 292 g/mol. The van der Waals surface area contributed by atoms with Gasteiger partial charge in [0.15, 0.2) is 0 Å². The number of anilines is 1. The summed E-state index contributed by atoms with van der Waals surface area (Å²) >= 11 is 0. The van der Waals surface area contributed by atoms with Crippen LogP contribution in [0.25, 0.3) is 16.9 Å². The number of fused-ring (bicyclic) bond motifs is 1. The summed E-state index contributed by atoms with van der Waals surface area (Å²) in [7, 11) is 0. The van der Waals surface area contributed by atoms with Crippen molar-refractivity contribution < 1.29 is 0 Å². The fourth-order valence-corrected chi connectivity index (χ4v) is 3.28. The Balaban J connectivity index is 1.79. The van der Waals surface area contributed by atoms with Crippen LogP contribution in [-0.2, 0) is 0 Å². The molecule has 1 aliphatic rings. The van der Waals surface area contributed by atoms with E-state index in [4.69, 9.17) is 4.98 Å². The van der Waals surface area contributed by atoms with E-state index in [0.29, 0.717) is 6.04 Å². The molecular formula is C18H20N4. The summed E-state index contributed by atoms with van der Waals surface area (Å²) in [5, 5.41) is 3.74. The highest BCUT2D eigenvalue weighted by molar-refractivity contribution is 5.76. The average molecular weight is 292 g/mol. The number of nitrogens with zero attached hydrogens (tertiary/aromatic N) is 3. The first kappa shape index (κ1) is 13.3. The van der Waals surface area contributed by atoms with Crippen LogP contribution in [0.15, 0.2) is 48.9 Å². The standard InChI is InChI=1S/C18H20N4/c1-2-8-15(9-3-1)20-18-17(14-7-6-11-19-13-14)21-16-10-4-5-12-22(16)18/h4-7,10-13,15,20H,1-3,8-9H2. The third kappa shape index (κ3) is 2.45. The maximum atomic E-state index is 4.81. The molecule has 3 aromatic heterocycles. The quantitative estimate of drug-likeness (QED) is 0.789. The van der Waals surface area contributed by atoms with Crippen LogP contribution in [0, 0.1) is 0 Å². The lowest BCUT2D eigenvalue weighted by molar-refractivity contribution is 0.462. The number of hydrogen-bond donors (Lipinski definition) is 1. The van der Waals surface area contributed by atoms with Crippen molar-refractivity contribution in [3.05, 3.63) is 48.9 Å². The van der Waals surface area contributed by atoms with Gasteiger partial charge in [0.25, 0.3) is 0 Å². The lowest BCUT2D eigenvalue weighted by atomic mass is 9.95. The molecular weight excluding hydrogens is 272 g/mol. The van der Waals surface area contributed by atoms with Gasteiger partial charge >= 0.3 is 0 Å². The van der Waals surface area contributed by atoms with Gasteiger partial charge in [0.2, 0.25) is 0 Å². The molecule has 0 aliphatic heterocycles. The molecule has 0 amide bonds. The fourth-order valence-electron chi connectivity index (χ4n) is 3.28. The van der Waals surface area contributed by atoms with Crippen LogP contribution in [0.3, 0.4) is 0 Å². The molecule has 1 aliphatic carbocycles. The fraction of sp³-hybridized carbons (Fsp3) is 0.333. The van der Waals surface area contributed by atoms with Crippen molar-refractivity contribution in [2.45, 2.75) is 38.1 Å². The van der Waals surface area contributed by atoms with E-state index in [9.17, 15) is 0 Å². The topological polar surface area (TPSA) is 42.2 Å². The third-order valence-corrected chi connectivity index (χ3v) is 4.41. The molecule has 4 nitrogen and oxygen atoms in total. The van der Waals surface area contributed by atoms with Gasteiger partial charge in [-0.3, -0.25) is 9.38 Å². The number of rotatable bonds is 3. The Labute approximate surface area is 130 Å². The van der Waals surface area contributed by atoms with Gasteiger partial charge in [-0.2, -0.15) is 0 Å². The smallest absolute Gasteiger partial charge is 0.139 e. The molecule has 1 fully saturated rings. The summed E-state index contributed by atoms with van der Waals surface area (Å²) in [4.78, 5) is 9.05. The molecule has 0 spiro atoms. The molecule has 0 bridgehead atoms. The minimum absolute atomic E-state index is 0.546. The number of aromatic nitrogens is 3. The summed E-state index contributed by atoms with van der Waals surface area (Å²) in [5.41, 5.74) is 3.02. The average Bonchev–Trinajstić information content (AvgIpc) is 2.95. The van der Waals surface area contributed by atoms with Crippen LogP contribution in [0.2, 0.25) is 0 Å². The van der Waals surface area contributed by atoms with Gasteiger partial charge in [0, 0.05) is 30.2 Å². The maximum absolute atomic E-state index is 4.81. The van der Waals surface area contributed by atoms with Crippen molar-refractivity contribution in [2.75, 3.05) is 5.32 Å². The predicted molar refractivity (Wildman–Crippen MR) is 88.9 cm³/mol. The van der Waals surface area contributed by atoms with E-state index in [2.05, 4.69) is 27.0 Å². The van der Waals surface area contributed by atoms with Gasteiger partial charge in [-0.15, -0.1) is 0 Å². The van der Waals surface area contributed by atoms with Crippen molar-refractivity contribution in [1.82, 2.24) is 14.4 Å². The molecule has 3 heterocycles. The van der Waals surface area contributed by atoms with E-state index in [1.807, 2.05) is 30.5 Å². The third-order valence-electron chi connectivity index (χ3n) is 4.41. The van der Waals surface area contributed by atoms with E-state index < -0.39 is 0 Å². The highest BCUT2D eigenvalue weighted by Gasteiger charge is 2.19. The molecule has 4 rings (SSSR count). The minimum atomic E-state index is 0.546. The number of hydrogen-bond acceptors (Lipinski definition) is 3. The van der Waals surface area contributed by atoms with E-state index in [1.165, 1.54) is 32.1 Å². The van der Waals surface area contributed by atoms with E-state index in [1.54, 1.807) is 6.20 Å². The highest BCUT2D eigenvalue weighted by atomic mass is 15.1. The van der Waals surface area contributed by atoms with Gasteiger partial charge in [-0.1, -0.05) is 25.3 Å². The number of imidazole rings is 1. The molecule has 1 saturated carbocycles. The zero-order chi connectivity index (χ0) is 14.8. The van der Waals surface area contributed by atoms with Crippen LogP contribution in [0.4, 0.5) is 5.82 Å². The molecule has 22 heavy (non-hydrogen) atoms. The molecule has 0 atom stereocenters. The Bertz CT molecular complexity index is 757. The van der Waals surface area contributed by atoms with E-state index >= 15 is 0 Å². The first-order valence-corrected chi connectivity index (χ1v) is 8.06. The zero-order valence-corrected chi connectivity index (χ0v) is 12.6. The first-order chi connectivity index (χ1) is 10.9. The molecule has 3 aromatic rings. The van der Waals surface area contributed by atoms with Gasteiger partial charge in [-0.25, -0.2) is 4.98 Å². The Kier molecular flexibility index (Phi) is 3.51. The van der Waals surface area contributed by atoms with Gasteiger partial charge < -0.3 is 5.32 Å². The predicted octanol–water partition coefficient (Wildman–Crippen LogP) is 4.14. The molecule has 1 N–H and O–H groups in total. The zero-order valence-electron chi connectivity index (χ0n) is 12.6. The van der Waals surface area contributed by atoms with Crippen LogP contribution < -0.4 is 5.32 Å². The summed E-state index contributed by atoms with van der Waals surface area (Å²) < 4.78 is 2.15. The highest BCUT2D eigenvalue weighted by Crippen LogP contribution is 2.30. The number of pyridine rings is 2. The van der Waals surface area contributed by atoms with Gasteiger partial charge in [0.1, 0.15) is 17.2 Å². The van der Waals surface area contributed by atoms with Crippen LogP contribution in [0.5, 0.6) is 0 Å². The number of nitrogens with one attached hydrogen (secondary N) is 1. The summed E-state index contributed by atoms with van der Waals surface area (Å²) in [5.74, 6) is 1.09. The Morgan fingerprint density at radius 2 is 1.95 bits per heavy atom. The van der Waals surface area contributed by atoms with E-state index in [0.717, 1.165) is 22.7 Å². The van der Waals surface area contributed by atoms with Crippen molar-refractivity contribution in [1.29, 1.82) is 0 Å². The summed E-state index contributed by atoms with van der Waals surface area (Å²) in [6.45, 7) is 0.